The molecule has 120 heavy (non-hydrogen) atoms. The fourth-order valence-corrected chi connectivity index (χ4v) is 18.4. The smallest absolute Gasteiger partial charge is 0.323 e. The van der Waals surface area contributed by atoms with Gasteiger partial charge in [0.05, 0.1) is 60.9 Å². The molecule has 4 aromatic rings. The molecule has 672 valence electrons. The van der Waals surface area contributed by atoms with Crippen molar-refractivity contribution in [3.8, 4) is 46.0 Å². The predicted molar refractivity (Wildman–Crippen MR) is 471 cm³/mol. The van der Waals surface area contributed by atoms with Gasteiger partial charge in [-0.2, -0.15) is 0 Å². The van der Waals surface area contributed by atoms with Crippen molar-refractivity contribution in [2.24, 2.45) is 93.9 Å². The molecule has 0 saturated carbocycles. The molecule has 24 nitrogen and oxygen atoms in total. The lowest BCUT2D eigenvalue weighted by atomic mass is 9.79. The fourth-order valence-electron chi connectivity index (χ4n) is 18.4. The van der Waals surface area contributed by atoms with E-state index in [1.165, 1.54) is 18.2 Å². The minimum atomic E-state index is -2.88. The van der Waals surface area contributed by atoms with Gasteiger partial charge in [0.1, 0.15) is 48.6 Å². The number of carbonyl (C=O) groups excluding carboxylic acids is 4. The number of esters is 4. The lowest BCUT2D eigenvalue weighted by Crippen LogP contribution is -2.51. The maximum Gasteiger partial charge on any atom is 0.323 e. The molecule has 8 N–H and O–H groups in total. The Kier molecular flexibility index (Phi) is 28.0. The molecule has 0 bridgehead atoms. The van der Waals surface area contributed by atoms with E-state index in [4.69, 9.17) is 100 Å². The first-order valence-corrected chi connectivity index (χ1v) is 43.2. The van der Waals surface area contributed by atoms with Gasteiger partial charge in [-0.05, 0) is 192 Å². The summed E-state index contributed by atoms with van der Waals surface area (Å²) in [5.41, 5.74) is 33.0. The average molecular weight is 1690 g/mol. The van der Waals surface area contributed by atoms with Crippen molar-refractivity contribution >= 4 is 23.9 Å². The monoisotopic (exact) mass is 1690 g/mol. The first kappa shape index (κ1) is 76.5. The third kappa shape index (κ3) is 23.8. The van der Waals surface area contributed by atoms with Gasteiger partial charge in [-0.25, -0.2) is 0 Å². The number of hydrogen-bond acceptors (Lipinski definition) is 24. The van der Waals surface area contributed by atoms with Crippen LogP contribution in [-0.4, -0.2) is 201 Å². The van der Waals surface area contributed by atoms with Crippen LogP contribution in [0.15, 0.2) is 48.5 Å². The van der Waals surface area contributed by atoms with Crippen LogP contribution in [0, 0.1) is 71.0 Å². The number of hydrogen-bond donors (Lipinski definition) is 4. The van der Waals surface area contributed by atoms with Crippen molar-refractivity contribution < 1.29 is 96.6 Å². The largest absolute Gasteiger partial charge is 0.493 e. The van der Waals surface area contributed by atoms with Crippen LogP contribution in [-0.2, 0) is 63.8 Å². The molecule has 0 spiro atoms. The summed E-state index contributed by atoms with van der Waals surface area (Å²) in [4.78, 5) is 60.3. The van der Waals surface area contributed by atoms with Crippen LogP contribution in [0.1, 0.15) is 251 Å². The summed E-state index contributed by atoms with van der Waals surface area (Å²) >= 11 is 0. The maximum absolute atomic E-state index is 12.9. The second-order valence-corrected chi connectivity index (χ2v) is 36.0. The summed E-state index contributed by atoms with van der Waals surface area (Å²) in [7, 11) is 8.55. The molecule has 0 radical (unpaired) electrons. The van der Waals surface area contributed by atoms with E-state index in [0.29, 0.717) is 78.9 Å². The Bertz CT molecular complexity index is 4520. The van der Waals surface area contributed by atoms with Crippen molar-refractivity contribution in [2.75, 3.05) is 109 Å². The highest BCUT2D eigenvalue weighted by Crippen LogP contribution is 2.50. The number of ether oxygens (including phenoxy) is 12. The van der Waals surface area contributed by atoms with Crippen LogP contribution in [0.5, 0.6) is 46.0 Å². The molecule has 24 heteroatoms. The first-order chi connectivity index (χ1) is 62.8. The van der Waals surface area contributed by atoms with Crippen molar-refractivity contribution in [2.45, 2.75) is 260 Å². The second kappa shape index (κ2) is 43.9. The zero-order chi connectivity index (χ0) is 101. The lowest BCUT2D eigenvalue weighted by Gasteiger charge is -2.47. The van der Waals surface area contributed by atoms with Crippen molar-refractivity contribution in [3.05, 3.63) is 93.0 Å². The van der Waals surface area contributed by atoms with Crippen LogP contribution in [0.3, 0.4) is 0 Å². The van der Waals surface area contributed by atoms with Crippen molar-refractivity contribution in [3.63, 3.8) is 0 Å². The van der Waals surface area contributed by atoms with E-state index in [1.54, 1.807) is 76.4 Å². The van der Waals surface area contributed by atoms with Gasteiger partial charge in [0.15, 0.2) is 46.0 Å². The van der Waals surface area contributed by atoms with E-state index in [-0.39, 0.29) is 110 Å². The molecular weight excluding hydrogens is 1520 g/mol. The average Bonchev–Trinajstić information content (AvgIpc) is 0.734. The fraction of sp³-hybridized carbons (Fsp3) is 0.708. The normalized spacial score (nSPS) is 28.3. The Labute approximate surface area is 739 Å². The van der Waals surface area contributed by atoms with E-state index < -0.39 is 105 Å². The molecule has 0 aromatic heterocycles. The summed E-state index contributed by atoms with van der Waals surface area (Å²) in [6.45, 7) is 25.3. The van der Waals surface area contributed by atoms with Gasteiger partial charge in [0.25, 0.3) is 0 Å². The highest BCUT2D eigenvalue weighted by molar-refractivity contribution is 5.77. The number of nitrogens with two attached hydrogens (primary N) is 4. The summed E-state index contributed by atoms with van der Waals surface area (Å²) in [5.74, 6) is -3.08. The van der Waals surface area contributed by atoms with Gasteiger partial charge in [0.2, 0.25) is 0 Å². The highest BCUT2D eigenvalue weighted by atomic mass is 16.6. The zero-order valence-corrected chi connectivity index (χ0v) is 75.2. The molecule has 2 unspecified atom stereocenters. The van der Waals surface area contributed by atoms with Crippen LogP contribution in [0.25, 0.3) is 0 Å². The summed E-state index contributed by atoms with van der Waals surface area (Å²) in [5, 5.41) is 0. The SMILES string of the molecule is COc1cc2c(cc1OC)[C@H]1C[C@@H](OC(=O)[C@@H](N)C(C)C)[C@H](CC(C)C)CN1CC2.[2H]C([2H])([2H])C([2H])(C)C([2H])([2H])[C@@H]1CN2CCc3cc(OC)c(OC)cc3[C@H]2C[C@H]1OC(=O)[C@@H](N)C(C)C.[2H]C([2H])([2H])C([2H])(C)C([2H])([2H])[C@@H]1CN2CCc3cc(OC)c(OC)cc3[C@H]2C[C@H]1OC(=O)[C@@H](N)C(C)C.[2H]C([2H])([2H])Oc1cc2c(cc1OC)[C@H]1C[C@@H](OC(=O)[C@@H](N)C(C)C)[C@H](CC(C)C)CN1CC2. The zero-order valence-electron chi connectivity index (χ0n) is 90.2. The number of carbonyl (C=O) groups is 4. The molecule has 0 amide bonds. The van der Waals surface area contributed by atoms with Crippen molar-refractivity contribution in [1.29, 1.82) is 0 Å². The van der Waals surface area contributed by atoms with Crippen LogP contribution >= 0.6 is 0 Å². The third-order valence-corrected chi connectivity index (χ3v) is 25.3. The Morgan fingerprint density at radius 3 is 0.783 bits per heavy atom. The molecule has 12 rings (SSSR count). The van der Waals surface area contributed by atoms with Gasteiger partial charge in [0, 0.05) is 142 Å². The Morgan fingerprint density at radius 1 is 0.358 bits per heavy atom. The number of methoxy groups -OCH3 is 8. The molecule has 8 aliphatic heterocycles. The third-order valence-electron chi connectivity index (χ3n) is 25.3. The van der Waals surface area contributed by atoms with E-state index in [2.05, 4.69) is 59.4 Å². The quantitative estimate of drug-likeness (QED) is 0.0303. The lowest BCUT2D eigenvalue weighted by molar-refractivity contribution is -0.161. The van der Waals surface area contributed by atoms with Crippen molar-refractivity contribution in [1.82, 2.24) is 19.6 Å². The highest BCUT2D eigenvalue weighted by Gasteiger charge is 2.47. The molecule has 8 heterocycles. The van der Waals surface area contributed by atoms with Gasteiger partial charge < -0.3 is 79.8 Å². The van der Waals surface area contributed by atoms with Gasteiger partial charge in [-0.1, -0.05) is 111 Å². The second-order valence-electron chi connectivity index (χ2n) is 36.0. The number of benzene rings is 4. The first-order valence-electron chi connectivity index (χ1n) is 50.7. The molecule has 4 aromatic carbocycles. The van der Waals surface area contributed by atoms with Gasteiger partial charge >= 0.3 is 23.9 Å². The molecule has 4 fully saturated rings. The summed E-state index contributed by atoms with van der Waals surface area (Å²) in [6.07, 6.45) is -0.170. The number of nitrogens with zero attached hydrogens (tertiary/aromatic N) is 4. The van der Waals surface area contributed by atoms with E-state index >= 15 is 0 Å². The number of piperidine rings is 4. The van der Waals surface area contributed by atoms with Crippen LogP contribution < -0.4 is 60.8 Å². The van der Waals surface area contributed by atoms with E-state index in [0.717, 1.165) is 117 Å². The Balaban J connectivity index is 0.000000202. The van der Waals surface area contributed by atoms with Crippen LogP contribution in [0.2, 0.25) is 0 Å². The topological polar surface area (TPSA) is 296 Å². The maximum atomic E-state index is 12.9. The molecule has 18 atom stereocenters. The van der Waals surface area contributed by atoms with Gasteiger partial charge in [-0.3, -0.25) is 38.8 Å². The Hall–Kier alpha value is -7.16. The number of rotatable bonds is 28. The van der Waals surface area contributed by atoms with E-state index in [9.17, 15) is 19.2 Å². The molecular formula is C96H152N8O16. The van der Waals surface area contributed by atoms with Crippen LogP contribution in [0.4, 0.5) is 0 Å². The predicted octanol–water partition coefficient (Wildman–Crippen LogP) is 14.3. The summed E-state index contributed by atoms with van der Waals surface area (Å²) in [6, 6.07) is 12.4. The molecule has 0 aliphatic carbocycles. The van der Waals surface area contributed by atoms with E-state index in [1.807, 2.05) is 58.0 Å². The summed E-state index contributed by atoms with van der Waals surface area (Å²) < 4.78 is 189. The Morgan fingerprint density at radius 2 is 0.575 bits per heavy atom. The number of fused-ring (bicyclic) bond motifs is 12. The van der Waals surface area contributed by atoms with Gasteiger partial charge in [-0.15, -0.1) is 0 Å². The molecule has 8 aliphatic rings. The minimum absolute atomic E-state index is 0.0115. The minimum Gasteiger partial charge on any atom is -0.493 e. The molecule has 4 saturated heterocycles. The standard InChI is InChI=1S/4C24H38N2O4/c4*1-14(2)9-17-13-26-8-7-16-10-21(28-5)22(29-6)11-18(16)19(26)12-20(17)30-24(27)23(25)15(3)4/h4*10-11,14-15,17,19-20,23H,7-9,12-13,25H2,1-6H3/t4*17-,19-,20-,23+/m1111/s1/i2*1D3,9D2,14D;5D3;/t2*14?,17-,19-,20-,23+;2m.